The van der Waals surface area contributed by atoms with Gasteiger partial charge in [0.05, 0.1) is 21.1 Å². The van der Waals surface area contributed by atoms with Gasteiger partial charge in [-0.1, -0.05) is 18.2 Å². The number of hydrogen-bond donors (Lipinski definition) is 1. The Labute approximate surface area is 148 Å². The molecule has 0 spiro atoms. The van der Waals surface area contributed by atoms with E-state index in [2.05, 4.69) is 10.3 Å². The van der Waals surface area contributed by atoms with Gasteiger partial charge >= 0.3 is 0 Å². The van der Waals surface area contributed by atoms with Gasteiger partial charge in [-0.2, -0.15) is 0 Å². The average Bonchev–Trinajstić information content (AvgIpc) is 2.90. The Kier molecular flexibility index (Phi) is 4.67. The predicted octanol–water partition coefficient (Wildman–Crippen LogP) is 4.10. The van der Waals surface area contributed by atoms with E-state index in [4.69, 9.17) is 0 Å². The molecular weight excluding hydrogens is 338 g/mol. The number of aryl methyl sites for hydroxylation is 2. The Balaban J connectivity index is 1.89. The second kappa shape index (κ2) is 6.90. The van der Waals surface area contributed by atoms with Gasteiger partial charge in [-0.15, -0.1) is 0 Å². The smallest absolute Gasteiger partial charge is 0.276 e. The number of nitrogens with one attached hydrogen (secondary N) is 1. The minimum Gasteiger partial charge on any atom is -0.300 e. The van der Waals surface area contributed by atoms with Crippen molar-refractivity contribution in [1.82, 2.24) is 5.32 Å². The number of nitro groups is 1. The second-order valence-corrected chi connectivity index (χ2v) is 6.60. The number of nitro benzene ring substituents is 1. The van der Waals surface area contributed by atoms with Gasteiger partial charge < -0.3 is 5.32 Å². The minimum absolute atomic E-state index is 0.0389. The number of carbonyl (C=O) groups excluding carboxylic acids is 1. The lowest BCUT2D eigenvalue weighted by Gasteiger charge is -2.01. The highest BCUT2D eigenvalue weighted by atomic mass is 32.2. The van der Waals surface area contributed by atoms with Crippen LogP contribution in [0.1, 0.15) is 16.7 Å². The van der Waals surface area contributed by atoms with Crippen LogP contribution in [0.15, 0.2) is 52.4 Å². The van der Waals surface area contributed by atoms with E-state index < -0.39 is 4.92 Å². The molecule has 126 valence electrons. The van der Waals surface area contributed by atoms with Crippen molar-refractivity contribution >= 4 is 40.3 Å². The first-order chi connectivity index (χ1) is 11.9. The number of benzene rings is 2. The number of thioether (sulfide) groups is 1. The minimum atomic E-state index is -0.464. The van der Waals surface area contributed by atoms with Gasteiger partial charge in [0.15, 0.2) is 5.17 Å². The number of amidine groups is 1. The van der Waals surface area contributed by atoms with Crippen LogP contribution in [0, 0.1) is 24.0 Å². The Morgan fingerprint density at radius 2 is 1.92 bits per heavy atom. The first-order valence-corrected chi connectivity index (χ1v) is 8.36. The summed E-state index contributed by atoms with van der Waals surface area (Å²) in [6.07, 6.45) is 1.51. The van der Waals surface area contributed by atoms with Crippen LogP contribution < -0.4 is 5.32 Å². The van der Waals surface area contributed by atoms with E-state index in [1.54, 1.807) is 18.2 Å². The molecule has 1 saturated heterocycles. The molecule has 1 fully saturated rings. The van der Waals surface area contributed by atoms with Gasteiger partial charge in [-0.25, -0.2) is 4.99 Å². The predicted molar refractivity (Wildman–Crippen MR) is 99.8 cm³/mol. The van der Waals surface area contributed by atoms with E-state index >= 15 is 0 Å². The number of hydrogen-bond acceptors (Lipinski definition) is 5. The number of para-hydroxylation sites is 1. The van der Waals surface area contributed by atoms with Crippen LogP contribution in [-0.2, 0) is 4.79 Å². The molecule has 0 aromatic heterocycles. The summed E-state index contributed by atoms with van der Waals surface area (Å²) in [4.78, 5) is 27.6. The quantitative estimate of drug-likeness (QED) is 0.511. The molecule has 2 aromatic rings. The second-order valence-electron chi connectivity index (χ2n) is 5.57. The lowest BCUT2D eigenvalue weighted by atomic mass is 10.1. The number of aliphatic imine (C=N–C) groups is 1. The van der Waals surface area contributed by atoms with Gasteiger partial charge in [-0.05, 0) is 61.0 Å². The Morgan fingerprint density at radius 3 is 2.64 bits per heavy atom. The molecule has 1 aliphatic rings. The fourth-order valence-electron chi connectivity index (χ4n) is 2.31. The van der Waals surface area contributed by atoms with Gasteiger partial charge in [0.25, 0.3) is 11.6 Å². The average molecular weight is 353 g/mol. The zero-order valence-electron chi connectivity index (χ0n) is 13.6. The van der Waals surface area contributed by atoms with Crippen LogP contribution in [0.25, 0.3) is 6.08 Å². The third-order valence-corrected chi connectivity index (χ3v) is 4.70. The van der Waals surface area contributed by atoms with Crippen molar-refractivity contribution in [1.29, 1.82) is 0 Å². The number of amides is 1. The summed E-state index contributed by atoms with van der Waals surface area (Å²) in [7, 11) is 0. The first kappa shape index (κ1) is 16.9. The zero-order chi connectivity index (χ0) is 18.0. The molecule has 25 heavy (non-hydrogen) atoms. The Hall–Kier alpha value is -2.93. The van der Waals surface area contributed by atoms with Crippen molar-refractivity contribution in [3.8, 4) is 0 Å². The molecule has 0 bridgehead atoms. The van der Waals surface area contributed by atoms with Crippen molar-refractivity contribution in [2.45, 2.75) is 13.8 Å². The Bertz CT molecular complexity index is 935. The topological polar surface area (TPSA) is 84.6 Å². The summed E-state index contributed by atoms with van der Waals surface area (Å²) in [5.74, 6) is -0.314. The summed E-state index contributed by atoms with van der Waals surface area (Å²) in [5, 5.41) is 14.2. The maximum Gasteiger partial charge on any atom is 0.276 e. The maximum absolute atomic E-state index is 12.1. The van der Waals surface area contributed by atoms with E-state index in [1.807, 2.05) is 32.0 Å². The van der Waals surface area contributed by atoms with Crippen LogP contribution in [0.5, 0.6) is 0 Å². The molecule has 1 amide bonds. The van der Waals surface area contributed by atoms with Gasteiger partial charge in [0, 0.05) is 6.07 Å². The maximum atomic E-state index is 12.1. The third-order valence-electron chi connectivity index (χ3n) is 3.79. The fourth-order valence-corrected chi connectivity index (χ4v) is 3.14. The molecule has 0 atom stereocenters. The third kappa shape index (κ3) is 3.77. The number of carbonyl (C=O) groups is 1. The zero-order valence-corrected chi connectivity index (χ0v) is 14.5. The summed E-state index contributed by atoms with van der Waals surface area (Å²) in [6.45, 7) is 4.02. The van der Waals surface area contributed by atoms with Crippen LogP contribution in [-0.4, -0.2) is 16.0 Å². The van der Waals surface area contributed by atoms with Crippen molar-refractivity contribution in [3.05, 3.63) is 74.2 Å². The van der Waals surface area contributed by atoms with E-state index in [0.717, 1.165) is 11.3 Å². The first-order valence-electron chi connectivity index (χ1n) is 7.54. The lowest BCUT2D eigenvalue weighted by Crippen LogP contribution is -2.19. The molecule has 7 heteroatoms. The van der Waals surface area contributed by atoms with Crippen molar-refractivity contribution in [2.75, 3.05) is 0 Å². The molecule has 1 N–H and O–H groups in total. The highest BCUT2D eigenvalue weighted by molar-refractivity contribution is 8.18. The highest BCUT2D eigenvalue weighted by Crippen LogP contribution is 2.30. The monoisotopic (exact) mass is 353 g/mol. The van der Waals surface area contributed by atoms with Crippen molar-refractivity contribution in [2.24, 2.45) is 4.99 Å². The van der Waals surface area contributed by atoms with Crippen molar-refractivity contribution in [3.63, 3.8) is 0 Å². The van der Waals surface area contributed by atoms with Crippen LogP contribution in [0.3, 0.4) is 0 Å². The molecule has 1 aliphatic heterocycles. The fraction of sp³-hybridized carbons (Fsp3) is 0.111. The molecule has 0 aliphatic carbocycles. The molecule has 6 nitrogen and oxygen atoms in total. The van der Waals surface area contributed by atoms with Gasteiger partial charge in [0.1, 0.15) is 0 Å². The van der Waals surface area contributed by atoms with Crippen LogP contribution in [0.4, 0.5) is 11.4 Å². The Morgan fingerprint density at radius 1 is 1.16 bits per heavy atom. The van der Waals surface area contributed by atoms with Crippen LogP contribution >= 0.6 is 11.8 Å². The van der Waals surface area contributed by atoms with E-state index in [9.17, 15) is 14.9 Å². The SMILES string of the molecule is Cc1ccc(N=C2NC(=O)/C(=C\c3ccccc3[N+](=O)[O-])S2)cc1C. The van der Waals surface area contributed by atoms with E-state index in [1.165, 1.54) is 29.5 Å². The standard InChI is InChI=1S/C18H15N3O3S/c1-11-7-8-14(9-12(11)2)19-18-20-17(22)16(25-18)10-13-5-3-4-6-15(13)21(23)24/h3-10H,1-2H3,(H,19,20,22)/b16-10+. The summed E-state index contributed by atoms with van der Waals surface area (Å²) in [5.41, 5.74) is 3.38. The van der Waals surface area contributed by atoms with Crippen molar-refractivity contribution < 1.29 is 9.72 Å². The molecule has 0 saturated carbocycles. The molecule has 2 aromatic carbocycles. The van der Waals surface area contributed by atoms with E-state index in [-0.39, 0.29) is 11.6 Å². The van der Waals surface area contributed by atoms with Gasteiger partial charge in [-0.3, -0.25) is 14.9 Å². The number of nitrogens with zero attached hydrogens (tertiary/aromatic N) is 2. The lowest BCUT2D eigenvalue weighted by molar-refractivity contribution is -0.385. The summed E-state index contributed by atoms with van der Waals surface area (Å²) in [6, 6.07) is 12.1. The normalized spacial score (nSPS) is 17.1. The largest absolute Gasteiger partial charge is 0.300 e. The van der Waals surface area contributed by atoms with Gasteiger partial charge in [0.2, 0.25) is 0 Å². The molecule has 3 rings (SSSR count). The molecular formula is C18H15N3O3S. The molecule has 1 heterocycles. The van der Waals surface area contributed by atoms with E-state index in [0.29, 0.717) is 15.6 Å². The summed E-state index contributed by atoms with van der Waals surface area (Å²) < 4.78 is 0. The summed E-state index contributed by atoms with van der Waals surface area (Å²) >= 11 is 1.17. The van der Waals surface area contributed by atoms with Crippen LogP contribution in [0.2, 0.25) is 0 Å². The number of rotatable bonds is 3. The highest BCUT2D eigenvalue weighted by Gasteiger charge is 2.25. The molecule has 0 unspecified atom stereocenters. The molecule has 0 radical (unpaired) electrons.